The van der Waals surface area contributed by atoms with Crippen molar-refractivity contribution in [2.24, 2.45) is 5.14 Å². The number of primary sulfonamides is 1. The van der Waals surface area contributed by atoms with Gasteiger partial charge in [-0.3, -0.25) is 4.98 Å². The summed E-state index contributed by atoms with van der Waals surface area (Å²) in [4.78, 5) is 4.50. The van der Waals surface area contributed by atoms with E-state index < -0.39 is 10.0 Å². The molecule has 0 aliphatic heterocycles. The van der Waals surface area contributed by atoms with Crippen molar-refractivity contribution in [2.75, 3.05) is 0 Å². The third-order valence-corrected chi connectivity index (χ3v) is 4.78. The second kappa shape index (κ2) is 5.22. The van der Waals surface area contributed by atoms with E-state index in [-0.39, 0.29) is 4.90 Å². The largest absolute Gasteiger partial charge is 0.254 e. The van der Waals surface area contributed by atoms with E-state index in [1.807, 2.05) is 24.3 Å². The van der Waals surface area contributed by atoms with Gasteiger partial charge in [-0.2, -0.15) is 0 Å². The first-order valence-electron chi connectivity index (χ1n) is 6.13. The Hall–Kier alpha value is -1.76. The summed E-state index contributed by atoms with van der Waals surface area (Å²) >= 11 is 3.45. The molecule has 0 bridgehead atoms. The molecule has 0 saturated heterocycles. The van der Waals surface area contributed by atoms with Crippen LogP contribution in [-0.4, -0.2) is 13.4 Å². The predicted octanol–water partition coefficient (Wildman–Crippen LogP) is 3.31. The summed E-state index contributed by atoms with van der Waals surface area (Å²) in [5.41, 5.74) is 2.09. The summed E-state index contributed by atoms with van der Waals surface area (Å²) in [6.45, 7) is 0. The molecule has 0 amide bonds. The zero-order valence-electron chi connectivity index (χ0n) is 10.8. The normalized spacial score (nSPS) is 11.7. The second-order valence-corrected chi connectivity index (χ2v) is 6.96. The number of halogens is 1. The lowest BCUT2D eigenvalue weighted by Crippen LogP contribution is -2.13. The molecular formula is C15H11BrN2O2S. The molecule has 0 atom stereocenters. The molecule has 2 aromatic carbocycles. The molecule has 1 aromatic heterocycles. The van der Waals surface area contributed by atoms with Gasteiger partial charge in [0, 0.05) is 27.2 Å². The van der Waals surface area contributed by atoms with Gasteiger partial charge in [0.05, 0.1) is 10.4 Å². The molecule has 106 valence electrons. The van der Waals surface area contributed by atoms with Crippen LogP contribution in [0.25, 0.3) is 22.0 Å². The highest BCUT2D eigenvalue weighted by atomic mass is 79.9. The van der Waals surface area contributed by atoms with Crippen molar-refractivity contribution in [3.8, 4) is 11.1 Å². The number of sulfonamides is 1. The minimum atomic E-state index is -3.78. The quantitative estimate of drug-likeness (QED) is 0.759. The second-order valence-electron chi connectivity index (χ2n) is 4.58. The lowest BCUT2D eigenvalue weighted by atomic mass is 10.1. The summed E-state index contributed by atoms with van der Waals surface area (Å²) in [6, 6.07) is 14.3. The topological polar surface area (TPSA) is 73.1 Å². The van der Waals surface area contributed by atoms with Crippen molar-refractivity contribution in [3.63, 3.8) is 0 Å². The molecule has 0 fully saturated rings. The van der Waals surface area contributed by atoms with Crippen LogP contribution in [0.1, 0.15) is 0 Å². The minimum Gasteiger partial charge on any atom is -0.254 e. The Balaban J connectivity index is 2.27. The number of pyridine rings is 1. The number of fused-ring (bicyclic) bond motifs is 1. The van der Waals surface area contributed by atoms with Gasteiger partial charge in [-0.1, -0.05) is 30.3 Å². The number of aromatic nitrogens is 1. The first-order chi connectivity index (χ1) is 9.97. The average Bonchev–Trinajstić information content (AvgIpc) is 2.46. The molecule has 0 aliphatic rings. The molecule has 3 aromatic rings. The zero-order valence-corrected chi connectivity index (χ0v) is 13.2. The molecule has 3 rings (SSSR count). The van der Waals surface area contributed by atoms with E-state index in [4.69, 9.17) is 5.14 Å². The number of benzene rings is 2. The highest BCUT2D eigenvalue weighted by Gasteiger charge is 2.15. The molecule has 21 heavy (non-hydrogen) atoms. The highest BCUT2D eigenvalue weighted by Crippen LogP contribution is 2.30. The number of hydrogen-bond acceptors (Lipinski definition) is 3. The first-order valence-corrected chi connectivity index (χ1v) is 8.47. The fourth-order valence-electron chi connectivity index (χ4n) is 2.22. The number of para-hydroxylation sites is 1. The van der Waals surface area contributed by atoms with E-state index in [1.54, 1.807) is 24.4 Å². The van der Waals surface area contributed by atoms with Crippen LogP contribution in [0.3, 0.4) is 0 Å². The van der Waals surface area contributed by atoms with Gasteiger partial charge < -0.3 is 0 Å². The summed E-state index contributed by atoms with van der Waals surface area (Å²) < 4.78 is 24.3. The molecule has 6 heteroatoms. The molecule has 0 unspecified atom stereocenters. The number of nitrogens with two attached hydrogens (primary N) is 1. The van der Waals surface area contributed by atoms with Crippen LogP contribution in [0.5, 0.6) is 0 Å². The predicted molar refractivity (Wildman–Crippen MR) is 86.3 cm³/mol. The molecule has 4 nitrogen and oxygen atoms in total. The Morgan fingerprint density at radius 3 is 2.57 bits per heavy atom. The van der Waals surface area contributed by atoms with Gasteiger partial charge in [-0.05, 0) is 34.1 Å². The maximum absolute atomic E-state index is 11.7. The number of rotatable bonds is 2. The van der Waals surface area contributed by atoms with Crippen molar-refractivity contribution >= 4 is 36.9 Å². The van der Waals surface area contributed by atoms with Crippen molar-refractivity contribution in [1.82, 2.24) is 4.98 Å². The molecule has 2 N–H and O–H groups in total. The van der Waals surface area contributed by atoms with Crippen molar-refractivity contribution in [2.45, 2.75) is 4.90 Å². The van der Waals surface area contributed by atoms with E-state index in [0.717, 1.165) is 15.4 Å². The molecule has 1 heterocycles. The Kier molecular flexibility index (Phi) is 3.52. The van der Waals surface area contributed by atoms with Crippen LogP contribution in [0, 0.1) is 0 Å². The van der Waals surface area contributed by atoms with Crippen LogP contribution in [0.15, 0.2) is 64.1 Å². The average molecular weight is 363 g/mol. The highest BCUT2D eigenvalue weighted by molar-refractivity contribution is 9.10. The van der Waals surface area contributed by atoms with Gasteiger partial charge in [0.25, 0.3) is 0 Å². The third kappa shape index (κ3) is 2.70. The van der Waals surface area contributed by atoms with Crippen molar-refractivity contribution in [3.05, 3.63) is 59.2 Å². The van der Waals surface area contributed by atoms with E-state index in [2.05, 4.69) is 20.9 Å². The van der Waals surface area contributed by atoms with E-state index in [1.165, 1.54) is 6.07 Å². The van der Waals surface area contributed by atoms with Crippen molar-refractivity contribution < 1.29 is 8.42 Å². The number of hydrogen-bond donors (Lipinski definition) is 1. The summed E-state index contributed by atoms with van der Waals surface area (Å²) in [5.74, 6) is 0. The lowest BCUT2D eigenvalue weighted by Gasteiger charge is -2.09. The smallest absolute Gasteiger partial charge is 0.238 e. The van der Waals surface area contributed by atoms with E-state index in [9.17, 15) is 8.42 Å². The van der Waals surface area contributed by atoms with Gasteiger partial charge in [-0.15, -0.1) is 0 Å². The van der Waals surface area contributed by atoms with Gasteiger partial charge in [0.2, 0.25) is 10.0 Å². The standard InChI is InChI=1S/C15H11BrN2O2S/c16-13-6-3-4-10-8-11(9-18-15(10)13)12-5-1-2-7-14(12)21(17,19)20/h1-9H,(H2,17,19,20). The van der Waals surface area contributed by atoms with Gasteiger partial charge in [0.15, 0.2) is 0 Å². The summed E-state index contributed by atoms with van der Waals surface area (Å²) in [6.07, 6.45) is 1.65. The van der Waals surface area contributed by atoms with Crippen LogP contribution in [-0.2, 0) is 10.0 Å². The van der Waals surface area contributed by atoms with Crippen LogP contribution >= 0.6 is 15.9 Å². The minimum absolute atomic E-state index is 0.0983. The van der Waals surface area contributed by atoms with Crippen molar-refractivity contribution in [1.29, 1.82) is 0 Å². The maximum Gasteiger partial charge on any atom is 0.238 e. The fourth-order valence-corrected chi connectivity index (χ4v) is 3.47. The molecule has 0 aliphatic carbocycles. The van der Waals surface area contributed by atoms with Gasteiger partial charge in [-0.25, -0.2) is 13.6 Å². The van der Waals surface area contributed by atoms with Crippen LogP contribution in [0.4, 0.5) is 0 Å². The fraction of sp³-hybridized carbons (Fsp3) is 0. The Morgan fingerprint density at radius 2 is 1.81 bits per heavy atom. The third-order valence-electron chi connectivity index (χ3n) is 3.17. The Morgan fingerprint density at radius 1 is 1.05 bits per heavy atom. The van der Waals surface area contributed by atoms with Gasteiger partial charge in [0.1, 0.15) is 0 Å². The Bertz CT molecular complexity index is 939. The molecule has 0 radical (unpaired) electrons. The summed E-state index contributed by atoms with van der Waals surface area (Å²) in [5, 5.41) is 6.20. The molecule has 0 saturated carbocycles. The number of nitrogens with zero attached hydrogens (tertiary/aromatic N) is 1. The van der Waals surface area contributed by atoms with Gasteiger partial charge >= 0.3 is 0 Å². The zero-order chi connectivity index (χ0) is 15.0. The SMILES string of the molecule is NS(=O)(=O)c1ccccc1-c1cnc2c(Br)cccc2c1. The monoisotopic (exact) mass is 362 g/mol. The van der Waals surface area contributed by atoms with Crippen LogP contribution < -0.4 is 5.14 Å². The lowest BCUT2D eigenvalue weighted by molar-refractivity contribution is 0.598. The molecular weight excluding hydrogens is 352 g/mol. The first kappa shape index (κ1) is 14.2. The van der Waals surface area contributed by atoms with E-state index in [0.29, 0.717) is 11.1 Å². The Labute approximate surface area is 130 Å². The summed E-state index contributed by atoms with van der Waals surface area (Å²) in [7, 11) is -3.78. The maximum atomic E-state index is 11.7. The van der Waals surface area contributed by atoms with Crippen LogP contribution in [0.2, 0.25) is 0 Å². The molecule has 0 spiro atoms. The van der Waals surface area contributed by atoms with E-state index >= 15 is 0 Å².